The molecule has 1 saturated heterocycles. The summed E-state index contributed by atoms with van der Waals surface area (Å²) >= 11 is 6.22. The number of halogens is 1. The van der Waals surface area contributed by atoms with Crippen LogP contribution in [0.3, 0.4) is 0 Å². The number of hydrogen-bond acceptors (Lipinski definition) is 5. The minimum absolute atomic E-state index is 0.108. The van der Waals surface area contributed by atoms with E-state index in [9.17, 15) is 9.00 Å². The second-order valence-electron chi connectivity index (χ2n) is 7.76. The topological polar surface area (TPSA) is 72.4 Å². The molecule has 2 atom stereocenters. The molecule has 0 radical (unpaired) electrons. The van der Waals surface area contributed by atoms with Crippen molar-refractivity contribution in [1.82, 2.24) is 14.9 Å². The van der Waals surface area contributed by atoms with Crippen LogP contribution in [0.5, 0.6) is 0 Å². The Labute approximate surface area is 166 Å². The molecule has 1 aliphatic rings. The molecule has 1 aromatic carbocycles. The van der Waals surface area contributed by atoms with Gasteiger partial charge in [-0.05, 0) is 51.7 Å². The molecule has 1 aliphatic heterocycles. The molecule has 0 N–H and O–H groups in total. The second-order valence-corrected chi connectivity index (χ2v) is 9.52. The van der Waals surface area contributed by atoms with Gasteiger partial charge in [-0.25, -0.2) is 14.8 Å². The number of piperidine rings is 1. The molecule has 0 bridgehead atoms. The van der Waals surface area contributed by atoms with E-state index in [4.69, 9.17) is 16.3 Å². The van der Waals surface area contributed by atoms with E-state index in [1.54, 1.807) is 4.90 Å². The predicted molar refractivity (Wildman–Crippen MR) is 106 cm³/mol. The van der Waals surface area contributed by atoms with E-state index < -0.39 is 16.4 Å². The van der Waals surface area contributed by atoms with Crippen LogP contribution in [-0.2, 0) is 15.5 Å². The quantitative estimate of drug-likeness (QED) is 0.764. The third-order valence-corrected chi connectivity index (χ3v) is 6.14. The van der Waals surface area contributed by atoms with Crippen LogP contribution in [0.15, 0.2) is 29.3 Å². The van der Waals surface area contributed by atoms with Gasteiger partial charge in [-0.3, -0.25) is 4.21 Å². The highest BCUT2D eigenvalue weighted by Crippen LogP contribution is 2.24. The van der Waals surface area contributed by atoms with Crippen molar-refractivity contribution in [2.24, 2.45) is 5.92 Å². The van der Waals surface area contributed by atoms with Crippen molar-refractivity contribution in [2.45, 2.75) is 44.2 Å². The number of benzene rings is 1. The van der Waals surface area contributed by atoms with Gasteiger partial charge in [-0.1, -0.05) is 23.7 Å². The van der Waals surface area contributed by atoms with E-state index in [2.05, 4.69) is 9.97 Å². The number of ether oxygens (including phenoxy) is 1. The van der Waals surface area contributed by atoms with Crippen LogP contribution >= 0.6 is 11.6 Å². The number of hydrogen-bond donors (Lipinski definition) is 0. The smallest absolute Gasteiger partial charge is 0.410 e. The lowest BCUT2D eigenvalue weighted by atomic mass is 10.0. The van der Waals surface area contributed by atoms with E-state index in [-0.39, 0.29) is 17.2 Å². The fourth-order valence-corrected chi connectivity index (χ4v) is 4.78. The van der Waals surface area contributed by atoms with Crippen molar-refractivity contribution in [3.05, 3.63) is 29.4 Å². The average Bonchev–Trinajstić information content (AvgIpc) is 2.60. The van der Waals surface area contributed by atoms with Gasteiger partial charge in [0.1, 0.15) is 5.60 Å². The highest BCUT2D eigenvalue weighted by molar-refractivity contribution is 7.85. The Morgan fingerprint density at radius 2 is 1.96 bits per heavy atom. The Balaban J connectivity index is 1.69. The number of carbonyl (C=O) groups excluding carboxylic acids is 1. The van der Waals surface area contributed by atoms with E-state index >= 15 is 0 Å². The van der Waals surface area contributed by atoms with Gasteiger partial charge >= 0.3 is 6.09 Å². The Morgan fingerprint density at radius 3 is 2.63 bits per heavy atom. The fourth-order valence-electron chi connectivity index (χ4n) is 3.09. The normalized spacial score (nSPS) is 19.1. The molecule has 146 valence electrons. The van der Waals surface area contributed by atoms with E-state index in [0.29, 0.717) is 34.9 Å². The lowest BCUT2D eigenvalue weighted by Crippen LogP contribution is -2.44. The molecule has 1 aromatic heterocycles. The fraction of sp³-hybridized carbons (Fsp3) is 0.526. The summed E-state index contributed by atoms with van der Waals surface area (Å²) in [7, 11) is -1.38. The number of nitrogens with zero attached hydrogens (tertiary/aromatic N) is 3. The van der Waals surface area contributed by atoms with Crippen LogP contribution in [0.2, 0.25) is 5.15 Å². The Hall–Kier alpha value is -1.73. The number of carbonyl (C=O) groups is 1. The van der Waals surface area contributed by atoms with Gasteiger partial charge in [0.25, 0.3) is 0 Å². The molecule has 0 spiro atoms. The van der Waals surface area contributed by atoms with E-state index in [1.165, 1.54) is 0 Å². The summed E-state index contributed by atoms with van der Waals surface area (Å²) < 4.78 is 18.3. The molecule has 0 saturated carbocycles. The van der Waals surface area contributed by atoms with Crippen LogP contribution in [0.25, 0.3) is 11.0 Å². The standard InChI is InChI=1S/C19H24ClN3O3S/c1-19(2,3)26-18(24)23-10-6-7-13(11-23)12-27(25)17-16(20)21-14-8-4-5-9-15(14)22-17/h4-5,8-9,13H,6-7,10-12H2,1-3H3/t13-,27-/m1/s1. The summed E-state index contributed by atoms with van der Waals surface area (Å²) in [6, 6.07) is 7.36. The third kappa shape index (κ3) is 5.17. The van der Waals surface area contributed by atoms with Crippen LogP contribution in [0.1, 0.15) is 33.6 Å². The maximum atomic E-state index is 12.9. The van der Waals surface area contributed by atoms with Crippen LogP contribution in [-0.4, -0.2) is 49.6 Å². The molecule has 2 aromatic rings. The number of fused-ring (bicyclic) bond motifs is 1. The molecule has 0 aliphatic carbocycles. The van der Waals surface area contributed by atoms with Crippen molar-refractivity contribution < 1.29 is 13.7 Å². The summed E-state index contributed by atoms with van der Waals surface area (Å²) in [6.07, 6.45) is 1.45. The van der Waals surface area contributed by atoms with Gasteiger partial charge in [-0.15, -0.1) is 0 Å². The van der Waals surface area contributed by atoms with Gasteiger partial charge in [0, 0.05) is 18.8 Å². The summed E-state index contributed by atoms with van der Waals surface area (Å²) in [5.74, 6) is 0.503. The number of para-hydroxylation sites is 2. The molecule has 3 rings (SSSR count). The summed E-state index contributed by atoms with van der Waals surface area (Å²) in [4.78, 5) is 22.7. The second kappa shape index (κ2) is 8.10. The lowest BCUT2D eigenvalue weighted by molar-refractivity contribution is 0.0176. The minimum atomic E-state index is -1.38. The van der Waals surface area contributed by atoms with Gasteiger partial charge < -0.3 is 9.64 Å². The summed E-state index contributed by atoms with van der Waals surface area (Å²) in [5.41, 5.74) is 0.822. The maximum Gasteiger partial charge on any atom is 0.410 e. The molecule has 27 heavy (non-hydrogen) atoms. The van der Waals surface area contributed by atoms with E-state index in [0.717, 1.165) is 12.8 Å². The van der Waals surface area contributed by atoms with Gasteiger partial charge in [0.15, 0.2) is 10.2 Å². The zero-order valence-electron chi connectivity index (χ0n) is 15.8. The van der Waals surface area contributed by atoms with Gasteiger partial charge in [0.2, 0.25) is 0 Å². The average molecular weight is 410 g/mol. The Bertz CT molecular complexity index is 869. The molecule has 2 heterocycles. The number of rotatable bonds is 3. The third-order valence-electron chi connectivity index (χ3n) is 4.27. The molecule has 1 fully saturated rings. The van der Waals surface area contributed by atoms with E-state index in [1.807, 2.05) is 45.0 Å². The van der Waals surface area contributed by atoms with Crippen molar-refractivity contribution >= 4 is 39.5 Å². The van der Waals surface area contributed by atoms with Crippen molar-refractivity contribution in [1.29, 1.82) is 0 Å². The maximum absolute atomic E-state index is 12.9. The predicted octanol–water partition coefficient (Wildman–Crippen LogP) is 4.04. The molecular formula is C19H24ClN3O3S. The molecule has 6 nitrogen and oxygen atoms in total. The summed E-state index contributed by atoms with van der Waals surface area (Å²) in [5, 5.41) is 0.483. The SMILES string of the molecule is CC(C)(C)OC(=O)N1CCC[C@@H](C[S@@](=O)c2nc3ccccc3nc2Cl)C1. The zero-order chi connectivity index (χ0) is 19.6. The first-order chi connectivity index (χ1) is 12.7. The molecule has 8 heteroatoms. The first-order valence-electron chi connectivity index (χ1n) is 9.01. The number of likely N-dealkylation sites (tertiary alicyclic amines) is 1. The van der Waals surface area contributed by atoms with Crippen molar-refractivity contribution in [3.8, 4) is 0 Å². The first-order valence-corrected chi connectivity index (χ1v) is 10.7. The van der Waals surface area contributed by atoms with Gasteiger partial charge in [-0.2, -0.15) is 0 Å². The van der Waals surface area contributed by atoms with Crippen LogP contribution in [0.4, 0.5) is 4.79 Å². The highest BCUT2D eigenvalue weighted by Gasteiger charge is 2.29. The van der Waals surface area contributed by atoms with Crippen LogP contribution < -0.4 is 0 Å². The Kier molecular flexibility index (Phi) is 6.01. The lowest BCUT2D eigenvalue weighted by Gasteiger charge is -2.33. The minimum Gasteiger partial charge on any atom is -0.444 e. The van der Waals surface area contributed by atoms with Crippen molar-refractivity contribution in [2.75, 3.05) is 18.8 Å². The monoisotopic (exact) mass is 409 g/mol. The Morgan fingerprint density at radius 1 is 1.30 bits per heavy atom. The molecule has 1 amide bonds. The molecule has 0 unspecified atom stereocenters. The first kappa shape index (κ1) is 20.0. The van der Waals surface area contributed by atoms with Crippen molar-refractivity contribution in [3.63, 3.8) is 0 Å². The largest absolute Gasteiger partial charge is 0.444 e. The zero-order valence-corrected chi connectivity index (χ0v) is 17.3. The number of aromatic nitrogens is 2. The summed E-state index contributed by atoms with van der Waals surface area (Å²) in [6.45, 7) is 6.74. The number of amides is 1. The molecular weight excluding hydrogens is 386 g/mol. The van der Waals surface area contributed by atoms with Gasteiger partial charge in [0.05, 0.1) is 21.8 Å². The van der Waals surface area contributed by atoms with Crippen LogP contribution in [0, 0.1) is 5.92 Å². The highest BCUT2D eigenvalue weighted by atomic mass is 35.5.